The van der Waals surface area contributed by atoms with Gasteiger partial charge < -0.3 is 8.85 Å². The molecule has 4 heteroatoms. The molecular weight excluding hydrogens is 206 g/mol. The quantitative estimate of drug-likeness (QED) is 0.708. The third-order valence-electron chi connectivity index (χ3n) is 2.44. The molecule has 0 heterocycles. The van der Waals surface area contributed by atoms with Crippen molar-refractivity contribution in [2.75, 3.05) is 14.2 Å². The van der Waals surface area contributed by atoms with Crippen molar-refractivity contribution in [3.05, 3.63) is 30.3 Å². The summed E-state index contributed by atoms with van der Waals surface area (Å²) in [6.45, 7) is 0. The van der Waals surface area contributed by atoms with Crippen molar-refractivity contribution in [2.24, 2.45) is 0 Å². The lowest BCUT2D eigenvalue weighted by atomic mass is 10.4. The predicted octanol–water partition coefficient (Wildman–Crippen LogP) is 1.54. The van der Waals surface area contributed by atoms with Crippen molar-refractivity contribution in [1.29, 1.82) is 5.26 Å². The smallest absolute Gasteiger partial charge is 0.373 e. The van der Waals surface area contributed by atoms with E-state index in [1.54, 1.807) is 14.2 Å². The van der Waals surface area contributed by atoms with Gasteiger partial charge in [0.2, 0.25) is 0 Å². The number of benzene rings is 1. The first-order valence-corrected chi connectivity index (χ1v) is 6.84. The van der Waals surface area contributed by atoms with Crippen molar-refractivity contribution in [2.45, 2.75) is 12.5 Å². The van der Waals surface area contributed by atoms with Crippen molar-refractivity contribution in [3.8, 4) is 6.07 Å². The van der Waals surface area contributed by atoms with E-state index < -0.39 is 8.56 Å². The Hall–Kier alpha value is -1.15. The zero-order chi connectivity index (χ0) is 11.1. The fourth-order valence-electron chi connectivity index (χ4n) is 1.58. The molecule has 0 bridgehead atoms. The van der Waals surface area contributed by atoms with Gasteiger partial charge >= 0.3 is 8.56 Å². The molecule has 0 aliphatic rings. The summed E-state index contributed by atoms with van der Waals surface area (Å²) in [7, 11) is 0.943. The van der Waals surface area contributed by atoms with Gasteiger partial charge in [-0.15, -0.1) is 0 Å². The van der Waals surface area contributed by atoms with E-state index in [-0.39, 0.29) is 0 Å². The van der Waals surface area contributed by atoms with Crippen LogP contribution in [-0.4, -0.2) is 22.8 Å². The maximum absolute atomic E-state index is 8.63. The monoisotopic (exact) mass is 221 g/mol. The molecule has 3 nitrogen and oxygen atoms in total. The molecule has 0 unspecified atom stereocenters. The lowest BCUT2D eigenvalue weighted by molar-refractivity contribution is 0.257. The van der Waals surface area contributed by atoms with Crippen LogP contribution < -0.4 is 5.19 Å². The van der Waals surface area contributed by atoms with Gasteiger partial charge in [0.1, 0.15) is 0 Å². The first kappa shape index (κ1) is 11.9. The zero-order valence-corrected chi connectivity index (χ0v) is 10.1. The van der Waals surface area contributed by atoms with Crippen molar-refractivity contribution >= 4 is 13.7 Å². The summed E-state index contributed by atoms with van der Waals surface area (Å²) in [5, 5.41) is 9.70. The summed E-state index contributed by atoms with van der Waals surface area (Å²) in [4.78, 5) is 0. The minimum Gasteiger partial charge on any atom is -0.394 e. The third-order valence-corrected chi connectivity index (χ3v) is 5.88. The van der Waals surface area contributed by atoms with Gasteiger partial charge in [-0.05, 0) is 5.19 Å². The predicted molar refractivity (Wildman–Crippen MR) is 60.9 cm³/mol. The average molecular weight is 221 g/mol. The van der Waals surface area contributed by atoms with Gasteiger partial charge in [-0.3, -0.25) is 0 Å². The van der Waals surface area contributed by atoms with E-state index in [0.717, 1.165) is 5.19 Å². The van der Waals surface area contributed by atoms with Crippen molar-refractivity contribution in [3.63, 3.8) is 0 Å². The second-order valence-corrected chi connectivity index (χ2v) is 6.58. The Labute approximate surface area is 91.5 Å². The molecule has 0 aromatic heterocycles. The molecule has 0 amide bonds. The fourth-order valence-corrected chi connectivity index (χ4v) is 4.06. The average Bonchev–Trinajstić information content (AvgIpc) is 2.33. The molecule has 0 aliphatic heterocycles. The van der Waals surface area contributed by atoms with Gasteiger partial charge in [0.25, 0.3) is 0 Å². The summed E-state index contributed by atoms with van der Waals surface area (Å²) in [5.74, 6) is 0. The Morgan fingerprint density at radius 1 is 1.20 bits per heavy atom. The highest BCUT2D eigenvalue weighted by atomic mass is 28.4. The Bertz CT molecular complexity index is 330. The van der Waals surface area contributed by atoms with Crippen molar-refractivity contribution < 1.29 is 8.85 Å². The first-order chi connectivity index (χ1) is 7.29. The Morgan fingerprint density at radius 3 is 2.27 bits per heavy atom. The Kier molecular flexibility index (Phi) is 4.50. The minimum absolute atomic E-state index is 0.461. The van der Waals surface area contributed by atoms with E-state index in [0.29, 0.717) is 12.5 Å². The van der Waals surface area contributed by atoms with Gasteiger partial charge in [-0.1, -0.05) is 30.3 Å². The van der Waals surface area contributed by atoms with Crippen LogP contribution in [0.15, 0.2) is 30.3 Å². The van der Waals surface area contributed by atoms with Crippen LogP contribution in [-0.2, 0) is 8.85 Å². The van der Waals surface area contributed by atoms with Crippen LogP contribution in [0.3, 0.4) is 0 Å². The second-order valence-electron chi connectivity index (χ2n) is 3.19. The minimum atomic E-state index is -2.36. The molecule has 1 aromatic carbocycles. The van der Waals surface area contributed by atoms with E-state index in [2.05, 4.69) is 6.07 Å². The maximum atomic E-state index is 8.63. The van der Waals surface area contributed by atoms with Gasteiger partial charge in [-0.2, -0.15) is 5.26 Å². The molecule has 0 atom stereocenters. The lowest BCUT2D eigenvalue weighted by Crippen LogP contribution is -2.52. The maximum Gasteiger partial charge on any atom is 0.373 e. The molecule has 0 saturated heterocycles. The Balaban J connectivity index is 2.95. The summed E-state index contributed by atoms with van der Waals surface area (Å²) >= 11 is 0. The highest BCUT2D eigenvalue weighted by Crippen LogP contribution is 2.14. The molecule has 15 heavy (non-hydrogen) atoms. The number of nitriles is 1. The molecule has 0 spiro atoms. The largest absolute Gasteiger partial charge is 0.394 e. The van der Waals surface area contributed by atoms with Gasteiger partial charge in [0.15, 0.2) is 0 Å². The number of nitrogens with zero attached hydrogens (tertiary/aromatic N) is 1. The normalized spacial score (nSPS) is 11.0. The van der Waals surface area contributed by atoms with Crippen LogP contribution in [0.5, 0.6) is 0 Å². The molecule has 1 aromatic rings. The van der Waals surface area contributed by atoms with Gasteiger partial charge in [0, 0.05) is 26.7 Å². The van der Waals surface area contributed by atoms with Crippen LogP contribution in [0.2, 0.25) is 6.04 Å². The van der Waals surface area contributed by atoms with Crippen LogP contribution in [0.1, 0.15) is 6.42 Å². The second kappa shape index (κ2) is 5.66. The van der Waals surface area contributed by atoms with E-state index in [1.165, 1.54) is 0 Å². The van der Waals surface area contributed by atoms with Crippen LogP contribution in [0, 0.1) is 11.3 Å². The highest BCUT2D eigenvalue weighted by molar-refractivity contribution is 6.81. The number of hydrogen-bond acceptors (Lipinski definition) is 3. The van der Waals surface area contributed by atoms with Gasteiger partial charge in [-0.25, -0.2) is 0 Å². The van der Waals surface area contributed by atoms with Crippen molar-refractivity contribution in [1.82, 2.24) is 0 Å². The molecule has 1 rings (SSSR count). The summed E-state index contributed by atoms with van der Waals surface area (Å²) in [6, 6.07) is 12.7. The summed E-state index contributed by atoms with van der Waals surface area (Å²) < 4.78 is 11.1. The van der Waals surface area contributed by atoms with E-state index in [1.807, 2.05) is 30.3 Å². The summed E-state index contributed by atoms with van der Waals surface area (Å²) in [6.07, 6.45) is 0.461. The lowest BCUT2D eigenvalue weighted by Gasteiger charge is -2.26. The molecule has 0 aliphatic carbocycles. The molecule has 0 saturated carbocycles. The summed E-state index contributed by atoms with van der Waals surface area (Å²) in [5.41, 5.74) is 0. The molecule has 80 valence electrons. The van der Waals surface area contributed by atoms with Crippen LogP contribution in [0.4, 0.5) is 0 Å². The number of hydrogen-bond donors (Lipinski definition) is 0. The van der Waals surface area contributed by atoms with Gasteiger partial charge in [0.05, 0.1) is 6.07 Å². The topological polar surface area (TPSA) is 42.2 Å². The standard InChI is InChI=1S/C11H15NO2Si/c1-13-15(14-2,10-6-9-12)11-7-4-3-5-8-11/h3-5,7-8H,6,10H2,1-2H3. The van der Waals surface area contributed by atoms with E-state index in [4.69, 9.17) is 14.1 Å². The molecule has 0 fully saturated rings. The Morgan fingerprint density at radius 2 is 1.80 bits per heavy atom. The first-order valence-electron chi connectivity index (χ1n) is 4.82. The zero-order valence-electron chi connectivity index (χ0n) is 9.06. The van der Waals surface area contributed by atoms with Crippen LogP contribution >= 0.6 is 0 Å². The fraction of sp³-hybridized carbons (Fsp3) is 0.364. The molecule has 0 N–H and O–H groups in total. The highest BCUT2D eigenvalue weighted by Gasteiger charge is 2.37. The molecular formula is C11H15NO2Si. The third kappa shape index (κ3) is 2.66. The number of rotatable bonds is 5. The van der Waals surface area contributed by atoms with E-state index in [9.17, 15) is 0 Å². The SMILES string of the molecule is CO[Si](CCC#N)(OC)c1ccccc1. The van der Waals surface area contributed by atoms with Crippen LogP contribution in [0.25, 0.3) is 0 Å². The van der Waals surface area contributed by atoms with E-state index >= 15 is 0 Å². The molecule has 0 radical (unpaired) electrons.